The van der Waals surface area contributed by atoms with Gasteiger partial charge < -0.3 is 14.8 Å². The Bertz CT molecular complexity index is 321. The van der Waals surface area contributed by atoms with Gasteiger partial charge in [0.05, 0.1) is 24.6 Å². The summed E-state index contributed by atoms with van der Waals surface area (Å²) in [4.78, 5) is 1.31. The summed E-state index contributed by atoms with van der Waals surface area (Å²) in [6.45, 7) is 4.87. The topological polar surface area (TPSA) is 30.5 Å². The minimum absolute atomic E-state index is 0.377. The maximum absolute atomic E-state index is 5.48. The fourth-order valence-electron chi connectivity index (χ4n) is 2.21. The van der Waals surface area contributed by atoms with E-state index in [0.717, 1.165) is 31.9 Å². The van der Waals surface area contributed by atoms with Gasteiger partial charge in [0.25, 0.3) is 0 Å². The smallest absolute Gasteiger partial charge is 0.134 e. The van der Waals surface area contributed by atoms with Crippen molar-refractivity contribution in [1.29, 1.82) is 0 Å². The summed E-state index contributed by atoms with van der Waals surface area (Å²) in [6, 6.07) is 2.42. The number of hydrogen-bond donors (Lipinski definition) is 1. The third-order valence-corrected chi connectivity index (χ3v) is 4.00. The van der Waals surface area contributed by atoms with E-state index in [0.29, 0.717) is 12.0 Å². The summed E-state index contributed by atoms with van der Waals surface area (Å²) >= 11 is 1.77. The van der Waals surface area contributed by atoms with Gasteiger partial charge in [-0.1, -0.05) is 6.92 Å². The molecule has 0 saturated carbocycles. The average molecular weight is 241 g/mol. The molecule has 0 aromatic carbocycles. The van der Waals surface area contributed by atoms with Crippen LogP contribution in [-0.4, -0.2) is 26.9 Å². The molecule has 1 aliphatic heterocycles. The highest BCUT2D eigenvalue weighted by Gasteiger charge is 2.29. The predicted octanol–water partition coefficient (Wildman–Crippen LogP) is 2.44. The molecule has 0 amide bonds. The number of hydrogen-bond acceptors (Lipinski definition) is 4. The van der Waals surface area contributed by atoms with E-state index in [1.165, 1.54) is 4.88 Å². The van der Waals surface area contributed by atoms with Crippen molar-refractivity contribution in [2.75, 3.05) is 26.9 Å². The highest BCUT2D eigenvalue weighted by atomic mass is 32.1. The van der Waals surface area contributed by atoms with Crippen LogP contribution in [0.2, 0.25) is 0 Å². The van der Waals surface area contributed by atoms with Crippen molar-refractivity contribution in [1.82, 2.24) is 5.32 Å². The van der Waals surface area contributed by atoms with E-state index in [9.17, 15) is 0 Å². The Kier molecular flexibility index (Phi) is 4.21. The molecule has 1 N–H and O–H groups in total. The van der Waals surface area contributed by atoms with E-state index in [1.807, 2.05) is 6.07 Å². The van der Waals surface area contributed by atoms with Gasteiger partial charge >= 0.3 is 0 Å². The maximum atomic E-state index is 5.48. The zero-order chi connectivity index (χ0) is 11.4. The SMILES string of the molecule is CCNC(c1sccc1OC)C1CCOC1. The molecule has 0 radical (unpaired) electrons. The van der Waals surface area contributed by atoms with Crippen molar-refractivity contribution in [3.63, 3.8) is 0 Å². The van der Waals surface area contributed by atoms with E-state index in [2.05, 4.69) is 17.6 Å². The van der Waals surface area contributed by atoms with Crippen LogP contribution in [0.1, 0.15) is 24.3 Å². The number of thiophene rings is 1. The lowest BCUT2D eigenvalue weighted by Gasteiger charge is -2.23. The summed E-state index contributed by atoms with van der Waals surface area (Å²) in [5.74, 6) is 1.58. The quantitative estimate of drug-likeness (QED) is 0.859. The zero-order valence-corrected chi connectivity index (χ0v) is 10.7. The van der Waals surface area contributed by atoms with E-state index in [-0.39, 0.29) is 0 Å². The molecule has 2 atom stereocenters. The molecular weight excluding hydrogens is 222 g/mol. The Morgan fingerprint density at radius 1 is 1.69 bits per heavy atom. The van der Waals surface area contributed by atoms with Crippen molar-refractivity contribution < 1.29 is 9.47 Å². The molecule has 16 heavy (non-hydrogen) atoms. The van der Waals surface area contributed by atoms with E-state index >= 15 is 0 Å². The third-order valence-electron chi connectivity index (χ3n) is 3.02. The van der Waals surface area contributed by atoms with Crippen LogP contribution in [-0.2, 0) is 4.74 Å². The highest BCUT2D eigenvalue weighted by Crippen LogP contribution is 2.37. The van der Waals surface area contributed by atoms with Gasteiger partial charge in [-0.15, -0.1) is 11.3 Å². The minimum atomic E-state index is 0.377. The van der Waals surface area contributed by atoms with Crippen molar-refractivity contribution >= 4 is 11.3 Å². The first kappa shape index (κ1) is 11.9. The molecule has 90 valence electrons. The van der Waals surface area contributed by atoms with E-state index in [1.54, 1.807) is 18.4 Å². The van der Waals surface area contributed by atoms with Crippen molar-refractivity contribution in [2.45, 2.75) is 19.4 Å². The molecule has 0 bridgehead atoms. The van der Waals surface area contributed by atoms with Gasteiger partial charge in [0.1, 0.15) is 5.75 Å². The fourth-order valence-corrected chi connectivity index (χ4v) is 3.24. The van der Waals surface area contributed by atoms with Crippen molar-refractivity contribution in [3.05, 3.63) is 16.3 Å². The van der Waals surface area contributed by atoms with Crippen LogP contribution in [0.3, 0.4) is 0 Å². The molecule has 1 saturated heterocycles. The molecular formula is C12H19NO2S. The highest BCUT2D eigenvalue weighted by molar-refractivity contribution is 7.10. The Balaban J connectivity index is 2.17. The summed E-state index contributed by atoms with van der Waals surface area (Å²) < 4.78 is 10.9. The molecule has 1 aliphatic rings. The first-order valence-electron chi connectivity index (χ1n) is 5.79. The van der Waals surface area contributed by atoms with Crippen LogP contribution in [0.4, 0.5) is 0 Å². The molecule has 2 unspecified atom stereocenters. The van der Waals surface area contributed by atoms with E-state index in [4.69, 9.17) is 9.47 Å². The third kappa shape index (κ3) is 2.39. The lowest BCUT2D eigenvalue weighted by Crippen LogP contribution is -2.28. The van der Waals surface area contributed by atoms with Gasteiger partial charge in [-0.2, -0.15) is 0 Å². The minimum Gasteiger partial charge on any atom is -0.496 e. The van der Waals surface area contributed by atoms with E-state index < -0.39 is 0 Å². The van der Waals surface area contributed by atoms with Crippen molar-refractivity contribution in [3.8, 4) is 5.75 Å². The fraction of sp³-hybridized carbons (Fsp3) is 0.667. The largest absolute Gasteiger partial charge is 0.496 e. The Morgan fingerprint density at radius 2 is 2.56 bits per heavy atom. The second kappa shape index (κ2) is 5.66. The molecule has 1 aromatic heterocycles. The first-order valence-corrected chi connectivity index (χ1v) is 6.67. The molecule has 3 nitrogen and oxygen atoms in total. The number of nitrogens with one attached hydrogen (secondary N) is 1. The molecule has 1 fully saturated rings. The second-order valence-corrected chi connectivity index (χ2v) is 4.96. The number of methoxy groups -OCH3 is 1. The van der Waals surface area contributed by atoms with Crippen LogP contribution in [0.5, 0.6) is 5.75 Å². The summed E-state index contributed by atoms with van der Waals surface area (Å²) in [6.07, 6.45) is 1.14. The van der Waals surface area contributed by atoms with Gasteiger partial charge in [0.15, 0.2) is 0 Å². The van der Waals surface area contributed by atoms with Gasteiger partial charge in [-0.3, -0.25) is 0 Å². The van der Waals surface area contributed by atoms with Gasteiger partial charge in [-0.25, -0.2) is 0 Å². The first-order chi connectivity index (χ1) is 7.86. The average Bonchev–Trinajstić information content (AvgIpc) is 2.96. The molecule has 1 aromatic rings. The van der Waals surface area contributed by atoms with Gasteiger partial charge in [0, 0.05) is 12.5 Å². The van der Waals surface area contributed by atoms with Crippen LogP contribution >= 0.6 is 11.3 Å². The lowest BCUT2D eigenvalue weighted by atomic mass is 9.97. The number of rotatable bonds is 5. The van der Waals surface area contributed by atoms with Gasteiger partial charge in [-0.05, 0) is 24.4 Å². The van der Waals surface area contributed by atoms with Crippen LogP contribution in [0.25, 0.3) is 0 Å². The Hall–Kier alpha value is -0.580. The number of ether oxygens (including phenoxy) is 2. The monoisotopic (exact) mass is 241 g/mol. The second-order valence-electron chi connectivity index (χ2n) is 4.01. The lowest BCUT2D eigenvalue weighted by molar-refractivity contribution is 0.177. The normalized spacial score (nSPS) is 22.2. The maximum Gasteiger partial charge on any atom is 0.134 e. The summed E-state index contributed by atoms with van der Waals surface area (Å²) in [7, 11) is 1.74. The summed E-state index contributed by atoms with van der Waals surface area (Å²) in [5, 5.41) is 5.64. The predicted molar refractivity (Wildman–Crippen MR) is 66.2 cm³/mol. The van der Waals surface area contributed by atoms with Crippen LogP contribution in [0, 0.1) is 5.92 Å². The van der Waals surface area contributed by atoms with Crippen LogP contribution < -0.4 is 10.1 Å². The molecule has 0 aliphatic carbocycles. The molecule has 4 heteroatoms. The Morgan fingerprint density at radius 3 is 3.19 bits per heavy atom. The zero-order valence-electron chi connectivity index (χ0n) is 9.86. The molecule has 2 heterocycles. The van der Waals surface area contributed by atoms with Gasteiger partial charge in [0.2, 0.25) is 0 Å². The Labute approximate surface area is 101 Å². The standard InChI is InChI=1S/C12H19NO2S/c1-3-13-11(9-4-6-15-8-9)12-10(14-2)5-7-16-12/h5,7,9,11,13H,3-4,6,8H2,1-2H3. The molecule has 0 spiro atoms. The van der Waals surface area contributed by atoms with Crippen LogP contribution in [0.15, 0.2) is 11.4 Å². The summed E-state index contributed by atoms with van der Waals surface area (Å²) in [5.41, 5.74) is 0. The molecule has 2 rings (SSSR count). The van der Waals surface area contributed by atoms with Crippen molar-refractivity contribution in [2.24, 2.45) is 5.92 Å².